The molecule has 2 aromatic rings. The molecule has 0 aliphatic carbocycles. The van der Waals surface area contributed by atoms with Crippen molar-refractivity contribution < 1.29 is 9.53 Å². The maximum atomic E-state index is 11.4. The summed E-state index contributed by atoms with van der Waals surface area (Å²) in [6, 6.07) is 7.81. The molecule has 2 rings (SSSR count). The van der Waals surface area contributed by atoms with Crippen molar-refractivity contribution in [2.75, 3.05) is 19.9 Å². The van der Waals surface area contributed by atoms with Gasteiger partial charge in [0.1, 0.15) is 5.75 Å². The van der Waals surface area contributed by atoms with Crippen molar-refractivity contribution in [3.8, 4) is 17.0 Å². The lowest BCUT2D eigenvalue weighted by Crippen LogP contribution is -2.20. The maximum absolute atomic E-state index is 11.4. The van der Waals surface area contributed by atoms with Gasteiger partial charge in [-0.25, -0.2) is 4.98 Å². The van der Waals surface area contributed by atoms with E-state index in [1.54, 1.807) is 14.2 Å². The van der Waals surface area contributed by atoms with Crippen LogP contribution in [0.4, 0.5) is 0 Å². The second-order valence-electron chi connectivity index (χ2n) is 4.52. The number of carbonyl (C=O) groups excluding carboxylic acids is 1. The minimum absolute atomic E-state index is 0.0239. The van der Waals surface area contributed by atoms with E-state index in [1.807, 2.05) is 41.1 Å². The highest BCUT2D eigenvalue weighted by molar-refractivity contribution is 7.99. The number of amides is 1. The Kier molecular flexibility index (Phi) is 5.66. The molecular formula is C16H19N3O2S. The molecule has 0 saturated carbocycles. The second kappa shape index (κ2) is 7.70. The number of ether oxygens (including phenoxy) is 1. The van der Waals surface area contributed by atoms with E-state index < -0.39 is 0 Å². The summed E-state index contributed by atoms with van der Waals surface area (Å²) in [5.41, 5.74) is 2.03. The molecule has 116 valence electrons. The molecule has 5 nitrogen and oxygen atoms in total. The van der Waals surface area contributed by atoms with Crippen LogP contribution in [0.15, 0.2) is 48.3 Å². The van der Waals surface area contributed by atoms with E-state index in [9.17, 15) is 4.79 Å². The number of nitrogens with one attached hydrogen (secondary N) is 1. The van der Waals surface area contributed by atoms with E-state index >= 15 is 0 Å². The number of allylic oxidation sites excluding steroid dienone is 1. The number of aromatic nitrogens is 2. The zero-order valence-electron chi connectivity index (χ0n) is 12.7. The monoisotopic (exact) mass is 317 g/mol. The van der Waals surface area contributed by atoms with Crippen LogP contribution >= 0.6 is 11.8 Å². The predicted molar refractivity (Wildman–Crippen MR) is 89.2 cm³/mol. The highest BCUT2D eigenvalue weighted by atomic mass is 32.2. The van der Waals surface area contributed by atoms with Crippen LogP contribution in [0.5, 0.6) is 5.75 Å². The smallest absolute Gasteiger partial charge is 0.230 e. The van der Waals surface area contributed by atoms with E-state index in [1.165, 1.54) is 11.8 Å². The third-order valence-electron chi connectivity index (χ3n) is 3.13. The molecule has 0 aliphatic heterocycles. The Bertz CT molecular complexity index is 650. The first-order chi connectivity index (χ1) is 10.7. The van der Waals surface area contributed by atoms with Crippen molar-refractivity contribution in [3.05, 3.63) is 43.1 Å². The van der Waals surface area contributed by atoms with Crippen LogP contribution in [0, 0.1) is 0 Å². The van der Waals surface area contributed by atoms with Gasteiger partial charge in [0.15, 0.2) is 5.16 Å². The number of nitrogens with zero attached hydrogens (tertiary/aromatic N) is 2. The third-order valence-corrected chi connectivity index (χ3v) is 4.12. The number of hydrogen-bond acceptors (Lipinski definition) is 4. The number of rotatable bonds is 7. The van der Waals surface area contributed by atoms with Gasteiger partial charge in [-0.05, 0) is 24.3 Å². The highest BCUT2D eigenvalue weighted by Crippen LogP contribution is 2.27. The lowest BCUT2D eigenvalue weighted by Gasteiger charge is -2.10. The standard InChI is InChI=1S/C16H19N3O2S/c1-4-9-19-14(12-5-7-13(21-3)8-6-12)10-18-16(19)22-11-15(20)17-2/h4-8,10H,1,9,11H2,2-3H3,(H,17,20). The molecule has 1 amide bonds. The van der Waals surface area contributed by atoms with Gasteiger partial charge >= 0.3 is 0 Å². The van der Waals surface area contributed by atoms with Gasteiger partial charge in [-0.15, -0.1) is 6.58 Å². The number of benzene rings is 1. The second-order valence-corrected chi connectivity index (χ2v) is 5.46. The summed E-state index contributed by atoms with van der Waals surface area (Å²) in [5, 5.41) is 3.41. The summed E-state index contributed by atoms with van der Waals surface area (Å²) >= 11 is 1.41. The summed E-state index contributed by atoms with van der Waals surface area (Å²) in [6.45, 7) is 4.43. The fourth-order valence-corrected chi connectivity index (χ4v) is 2.83. The summed E-state index contributed by atoms with van der Waals surface area (Å²) in [6.07, 6.45) is 3.64. The Hall–Kier alpha value is -2.21. The molecule has 1 aromatic carbocycles. The SMILES string of the molecule is C=CCn1c(-c2ccc(OC)cc2)cnc1SCC(=O)NC. The lowest BCUT2D eigenvalue weighted by atomic mass is 10.1. The first kappa shape index (κ1) is 16.2. The minimum atomic E-state index is -0.0239. The molecule has 6 heteroatoms. The van der Waals surface area contributed by atoms with Gasteiger partial charge in [0.25, 0.3) is 0 Å². The molecular weight excluding hydrogens is 298 g/mol. The van der Waals surface area contributed by atoms with Crippen LogP contribution in [0.2, 0.25) is 0 Å². The van der Waals surface area contributed by atoms with Crippen molar-refractivity contribution in [3.63, 3.8) is 0 Å². The van der Waals surface area contributed by atoms with Crippen LogP contribution in [-0.4, -0.2) is 35.4 Å². The van der Waals surface area contributed by atoms with E-state index in [0.717, 1.165) is 22.2 Å². The van der Waals surface area contributed by atoms with Crippen molar-refractivity contribution >= 4 is 17.7 Å². The van der Waals surface area contributed by atoms with E-state index in [4.69, 9.17) is 4.74 Å². The van der Waals surface area contributed by atoms with Gasteiger partial charge in [-0.2, -0.15) is 0 Å². The summed E-state index contributed by atoms with van der Waals surface area (Å²) in [5.74, 6) is 1.13. The normalized spacial score (nSPS) is 10.3. The number of methoxy groups -OCH3 is 1. The van der Waals surface area contributed by atoms with Crippen molar-refractivity contribution in [2.45, 2.75) is 11.7 Å². The Morgan fingerprint density at radius 2 is 2.18 bits per heavy atom. The van der Waals surface area contributed by atoms with Crippen LogP contribution in [-0.2, 0) is 11.3 Å². The van der Waals surface area contributed by atoms with E-state index in [-0.39, 0.29) is 5.91 Å². The molecule has 0 spiro atoms. The summed E-state index contributed by atoms with van der Waals surface area (Å²) in [7, 11) is 3.27. The average Bonchev–Trinajstić information content (AvgIpc) is 2.96. The van der Waals surface area contributed by atoms with Crippen molar-refractivity contribution in [1.29, 1.82) is 0 Å². The van der Waals surface area contributed by atoms with E-state index in [0.29, 0.717) is 12.3 Å². The molecule has 0 fully saturated rings. The fourth-order valence-electron chi connectivity index (χ4n) is 1.97. The molecule has 0 bridgehead atoms. The van der Waals surface area contributed by atoms with Gasteiger partial charge in [0.2, 0.25) is 5.91 Å². The van der Waals surface area contributed by atoms with Crippen molar-refractivity contribution in [2.24, 2.45) is 0 Å². The zero-order valence-corrected chi connectivity index (χ0v) is 13.5. The fraction of sp³-hybridized carbons (Fsp3) is 0.250. The Labute approximate surface area is 134 Å². The Balaban J connectivity index is 2.28. The number of carbonyl (C=O) groups is 1. The van der Waals surface area contributed by atoms with Gasteiger partial charge in [0, 0.05) is 19.2 Å². The Morgan fingerprint density at radius 1 is 1.45 bits per heavy atom. The van der Waals surface area contributed by atoms with Crippen LogP contribution in [0.1, 0.15) is 0 Å². The van der Waals surface area contributed by atoms with E-state index in [2.05, 4.69) is 16.9 Å². The van der Waals surface area contributed by atoms with Gasteiger partial charge < -0.3 is 14.6 Å². The molecule has 22 heavy (non-hydrogen) atoms. The molecule has 0 radical (unpaired) electrons. The molecule has 0 aliphatic rings. The quantitative estimate of drug-likeness (QED) is 0.630. The van der Waals surface area contributed by atoms with Gasteiger partial charge in [0.05, 0.1) is 24.8 Å². The Morgan fingerprint density at radius 3 is 2.77 bits per heavy atom. The molecule has 1 aromatic heterocycles. The van der Waals surface area contributed by atoms with Gasteiger partial charge in [-0.3, -0.25) is 4.79 Å². The van der Waals surface area contributed by atoms with Crippen LogP contribution in [0.3, 0.4) is 0 Å². The summed E-state index contributed by atoms with van der Waals surface area (Å²) < 4.78 is 7.22. The molecule has 0 atom stereocenters. The molecule has 0 unspecified atom stereocenters. The topological polar surface area (TPSA) is 56.2 Å². The third kappa shape index (κ3) is 3.71. The largest absolute Gasteiger partial charge is 0.497 e. The average molecular weight is 317 g/mol. The number of hydrogen-bond donors (Lipinski definition) is 1. The van der Waals surface area contributed by atoms with Crippen LogP contribution < -0.4 is 10.1 Å². The van der Waals surface area contributed by atoms with Crippen molar-refractivity contribution in [1.82, 2.24) is 14.9 Å². The predicted octanol–water partition coefficient (Wildman–Crippen LogP) is 2.58. The summed E-state index contributed by atoms with van der Waals surface area (Å²) in [4.78, 5) is 15.8. The van der Waals surface area contributed by atoms with Gasteiger partial charge in [-0.1, -0.05) is 17.8 Å². The minimum Gasteiger partial charge on any atom is -0.497 e. The maximum Gasteiger partial charge on any atom is 0.230 e. The molecule has 1 N–H and O–H groups in total. The first-order valence-corrected chi connectivity index (χ1v) is 7.82. The number of thioether (sulfide) groups is 1. The highest BCUT2D eigenvalue weighted by Gasteiger charge is 2.12. The first-order valence-electron chi connectivity index (χ1n) is 6.83. The molecule has 1 heterocycles. The van der Waals surface area contributed by atoms with Crippen LogP contribution in [0.25, 0.3) is 11.3 Å². The number of imidazole rings is 1. The molecule has 0 saturated heterocycles. The zero-order chi connectivity index (χ0) is 15.9. The lowest BCUT2D eigenvalue weighted by molar-refractivity contribution is -0.118.